The van der Waals surface area contributed by atoms with Crippen LogP contribution in [0.4, 0.5) is 0 Å². The van der Waals surface area contributed by atoms with Crippen molar-refractivity contribution in [3.63, 3.8) is 0 Å². The van der Waals surface area contributed by atoms with E-state index in [-0.39, 0.29) is 0 Å². The number of hydrogen-bond acceptors (Lipinski definition) is 3. The van der Waals surface area contributed by atoms with Crippen molar-refractivity contribution in [2.45, 2.75) is 12.8 Å². The van der Waals surface area contributed by atoms with Crippen LogP contribution in [0, 0.1) is 11.8 Å². The van der Waals surface area contributed by atoms with E-state index in [0.29, 0.717) is 17.6 Å². The Labute approximate surface area is 85.2 Å². The number of ketones is 1. The first-order valence-corrected chi connectivity index (χ1v) is 5.28. The summed E-state index contributed by atoms with van der Waals surface area (Å²) in [5, 5.41) is 3.37. The average Bonchev–Trinajstić information content (AvgIpc) is 2.51. The van der Waals surface area contributed by atoms with Crippen LogP contribution >= 0.6 is 0 Å². The molecule has 0 spiro atoms. The number of Topliss-reactive ketones (excluding diaryl/α,β-unsaturated/α-hetero) is 1. The minimum absolute atomic E-state index is 0.351. The quantitative estimate of drug-likeness (QED) is 0.621. The maximum absolute atomic E-state index is 11.7. The van der Waals surface area contributed by atoms with E-state index in [4.69, 9.17) is 0 Å². The molecule has 0 aromatic heterocycles. The van der Waals surface area contributed by atoms with Gasteiger partial charge in [-0.25, -0.2) is 0 Å². The summed E-state index contributed by atoms with van der Waals surface area (Å²) in [6, 6.07) is 0. The maximum atomic E-state index is 11.7. The van der Waals surface area contributed by atoms with Gasteiger partial charge < -0.3 is 10.2 Å². The molecule has 0 aromatic carbocycles. The largest absolute Gasteiger partial charge is 0.383 e. The molecule has 2 rings (SSSR count). The molecule has 14 heavy (non-hydrogen) atoms. The second-order valence-electron chi connectivity index (χ2n) is 4.63. The lowest BCUT2D eigenvalue weighted by molar-refractivity contribution is -0.118. The molecule has 0 amide bonds. The fourth-order valence-corrected chi connectivity index (χ4v) is 2.47. The Kier molecular flexibility index (Phi) is 2.59. The molecular formula is C11H18N2O. The van der Waals surface area contributed by atoms with Crippen LogP contribution in [-0.4, -0.2) is 37.9 Å². The first-order chi connectivity index (χ1) is 6.66. The lowest BCUT2D eigenvalue weighted by atomic mass is 9.78. The summed E-state index contributed by atoms with van der Waals surface area (Å²) in [6.45, 7) is 2.12. The number of allylic oxidation sites excluding steroid dienone is 1. The van der Waals surface area contributed by atoms with Crippen LogP contribution in [0.1, 0.15) is 12.8 Å². The lowest BCUT2D eigenvalue weighted by Crippen LogP contribution is -2.26. The molecule has 0 aromatic rings. The van der Waals surface area contributed by atoms with Gasteiger partial charge in [-0.2, -0.15) is 0 Å². The van der Waals surface area contributed by atoms with Gasteiger partial charge in [-0.1, -0.05) is 0 Å². The van der Waals surface area contributed by atoms with Crippen molar-refractivity contribution in [1.29, 1.82) is 0 Å². The third kappa shape index (κ3) is 1.82. The summed E-state index contributed by atoms with van der Waals surface area (Å²) in [6.07, 6.45) is 3.70. The molecule has 3 nitrogen and oxygen atoms in total. The molecular weight excluding hydrogens is 176 g/mol. The fourth-order valence-electron chi connectivity index (χ4n) is 2.47. The Hall–Kier alpha value is -0.830. The second kappa shape index (κ2) is 3.73. The van der Waals surface area contributed by atoms with Crippen molar-refractivity contribution in [3.8, 4) is 0 Å². The van der Waals surface area contributed by atoms with E-state index >= 15 is 0 Å². The topological polar surface area (TPSA) is 32.3 Å². The third-order valence-electron chi connectivity index (χ3n) is 3.18. The van der Waals surface area contributed by atoms with E-state index in [2.05, 4.69) is 5.32 Å². The predicted octanol–water partition coefficient (Wildman–Crippen LogP) is 0.630. The van der Waals surface area contributed by atoms with Crippen molar-refractivity contribution >= 4 is 5.78 Å². The van der Waals surface area contributed by atoms with Crippen molar-refractivity contribution in [2.24, 2.45) is 11.8 Å². The van der Waals surface area contributed by atoms with E-state index in [1.54, 1.807) is 0 Å². The van der Waals surface area contributed by atoms with Crippen LogP contribution in [-0.2, 0) is 4.79 Å². The zero-order chi connectivity index (χ0) is 10.1. The van der Waals surface area contributed by atoms with E-state index in [9.17, 15) is 4.79 Å². The third-order valence-corrected chi connectivity index (χ3v) is 3.18. The van der Waals surface area contributed by atoms with E-state index in [1.807, 2.05) is 25.2 Å². The molecule has 1 aliphatic heterocycles. The van der Waals surface area contributed by atoms with Crippen LogP contribution in [0.15, 0.2) is 11.8 Å². The molecule has 2 fully saturated rings. The highest BCUT2D eigenvalue weighted by Crippen LogP contribution is 2.33. The Bertz CT molecular complexity index is 270. The van der Waals surface area contributed by atoms with E-state index in [0.717, 1.165) is 31.5 Å². The summed E-state index contributed by atoms with van der Waals surface area (Å²) in [7, 11) is 3.94. The summed E-state index contributed by atoms with van der Waals surface area (Å²) in [4.78, 5) is 13.7. The Morgan fingerprint density at radius 1 is 1.29 bits per heavy atom. The highest BCUT2D eigenvalue weighted by atomic mass is 16.1. The Balaban J connectivity index is 2.10. The van der Waals surface area contributed by atoms with Gasteiger partial charge in [0.15, 0.2) is 5.78 Å². The number of carbonyl (C=O) groups is 1. The molecule has 78 valence electrons. The van der Waals surface area contributed by atoms with Crippen LogP contribution in [0.3, 0.4) is 0 Å². The number of fused-ring (bicyclic) bond motifs is 1. The van der Waals surface area contributed by atoms with Gasteiger partial charge in [0.2, 0.25) is 0 Å². The number of nitrogens with zero attached hydrogens (tertiary/aromatic N) is 1. The van der Waals surface area contributed by atoms with Gasteiger partial charge in [-0.05, 0) is 31.3 Å². The van der Waals surface area contributed by atoms with Gasteiger partial charge in [-0.3, -0.25) is 4.79 Å². The van der Waals surface area contributed by atoms with E-state index < -0.39 is 0 Å². The molecule has 1 aliphatic carbocycles. The van der Waals surface area contributed by atoms with Crippen molar-refractivity contribution in [3.05, 3.63) is 11.8 Å². The SMILES string of the molecule is CN(C)/C=C1\CC2CNCC2CC1=O. The molecule has 2 unspecified atom stereocenters. The molecule has 0 radical (unpaired) electrons. The number of hydrogen-bond donors (Lipinski definition) is 1. The zero-order valence-corrected chi connectivity index (χ0v) is 8.92. The van der Waals surface area contributed by atoms with Gasteiger partial charge in [0.1, 0.15) is 0 Å². The number of nitrogens with one attached hydrogen (secondary N) is 1. The van der Waals surface area contributed by atoms with E-state index in [1.165, 1.54) is 0 Å². The van der Waals surface area contributed by atoms with Crippen LogP contribution in [0.25, 0.3) is 0 Å². The van der Waals surface area contributed by atoms with Gasteiger partial charge in [-0.15, -0.1) is 0 Å². The molecule has 2 atom stereocenters. The molecule has 0 bridgehead atoms. The number of carbonyl (C=O) groups excluding carboxylic acids is 1. The van der Waals surface area contributed by atoms with Gasteiger partial charge in [0.05, 0.1) is 0 Å². The Morgan fingerprint density at radius 3 is 2.57 bits per heavy atom. The molecule has 1 saturated heterocycles. The van der Waals surface area contributed by atoms with Gasteiger partial charge in [0, 0.05) is 32.3 Å². The van der Waals surface area contributed by atoms with Gasteiger partial charge >= 0.3 is 0 Å². The summed E-state index contributed by atoms with van der Waals surface area (Å²) in [5.41, 5.74) is 1.01. The highest BCUT2D eigenvalue weighted by molar-refractivity contribution is 5.96. The van der Waals surface area contributed by atoms with Gasteiger partial charge in [0.25, 0.3) is 0 Å². The van der Waals surface area contributed by atoms with Crippen LogP contribution in [0.5, 0.6) is 0 Å². The van der Waals surface area contributed by atoms with Crippen LogP contribution < -0.4 is 5.32 Å². The molecule has 1 saturated carbocycles. The zero-order valence-electron chi connectivity index (χ0n) is 8.92. The predicted molar refractivity (Wildman–Crippen MR) is 55.9 cm³/mol. The standard InChI is InChI=1S/C11H18N2O/c1-13(2)7-10-3-8-5-12-6-9(8)4-11(10)14/h7-9,12H,3-6H2,1-2H3/b10-7+. The minimum atomic E-state index is 0.351. The lowest BCUT2D eigenvalue weighted by Gasteiger charge is -2.26. The summed E-state index contributed by atoms with van der Waals surface area (Å²) >= 11 is 0. The second-order valence-corrected chi connectivity index (χ2v) is 4.63. The number of rotatable bonds is 1. The maximum Gasteiger partial charge on any atom is 0.160 e. The average molecular weight is 194 g/mol. The van der Waals surface area contributed by atoms with Crippen LogP contribution in [0.2, 0.25) is 0 Å². The smallest absolute Gasteiger partial charge is 0.160 e. The normalized spacial score (nSPS) is 34.7. The monoisotopic (exact) mass is 194 g/mol. The molecule has 3 heteroatoms. The highest BCUT2D eigenvalue weighted by Gasteiger charge is 2.35. The molecule has 1 heterocycles. The first-order valence-electron chi connectivity index (χ1n) is 5.28. The van der Waals surface area contributed by atoms with Crippen molar-refractivity contribution < 1.29 is 4.79 Å². The molecule has 1 N–H and O–H groups in total. The summed E-state index contributed by atoms with van der Waals surface area (Å²) < 4.78 is 0. The summed E-state index contributed by atoms with van der Waals surface area (Å²) in [5.74, 6) is 1.64. The molecule has 2 aliphatic rings. The fraction of sp³-hybridized carbons (Fsp3) is 0.727. The first kappa shape index (κ1) is 9.71. The van der Waals surface area contributed by atoms with Crippen molar-refractivity contribution in [1.82, 2.24) is 10.2 Å². The van der Waals surface area contributed by atoms with Crippen molar-refractivity contribution in [2.75, 3.05) is 27.2 Å². The Morgan fingerprint density at radius 2 is 1.93 bits per heavy atom. The minimum Gasteiger partial charge on any atom is -0.383 e.